The van der Waals surface area contributed by atoms with Crippen LogP contribution in [0.15, 0.2) is 36.8 Å². The highest BCUT2D eigenvalue weighted by Crippen LogP contribution is 2.45. The Morgan fingerprint density at radius 2 is 2.03 bits per heavy atom. The normalized spacial score (nSPS) is 14.3. The van der Waals surface area contributed by atoms with E-state index in [2.05, 4.69) is 32.7 Å². The molecule has 1 saturated carbocycles. The molecular formula is C24H28N8O. The smallest absolute Gasteiger partial charge is 0.227 e. The Labute approximate surface area is 192 Å². The van der Waals surface area contributed by atoms with Crippen molar-refractivity contribution >= 4 is 28.4 Å². The first-order chi connectivity index (χ1) is 15.9. The molecule has 170 valence electrons. The van der Waals surface area contributed by atoms with E-state index in [1.807, 2.05) is 55.9 Å². The van der Waals surface area contributed by atoms with Crippen LogP contribution >= 0.6 is 0 Å². The predicted molar refractivity (Wildman–Crippen MR) is 129 cm³/mol. The van der Waals surface area contributed by atoms with E-state index in [1.54, 1.807) is 6.33 Å². The Morgan fingerprint density at radius 3 is 2.76 bits per heavy atom. The van der Waals surface area contributed by atoms with Crippen molar-refractivity contribution in [2.24, 2.45) is 12.5 Å². The molecule has 1 aromatic carbocycles. The van der Waals surface area contributed by atoms with E-state index >= 15 is 0 Å². The summed E-state index contributed by atoms with van der Waals surface area (Å²) in [6, 6.07) is 7.88. The van der Waals surface area contributed by atoms with Gasteiger partial charge in [0.2, 0.25) is 5.95 Å². The van der Waals surface area contributed by atoms with E-state index in [0.29, 0.717) is 23.7 Å². The van der Waals surface area contributed by atoms with Gasteiger partial charge in [-0.3, -0.25) is 0 Å². The second-order valence-electron chi connectivity index (χ2n) is 8.94. The van der Waals surface area contributed by atoms with Gasteiger partial charge in [-0.1, -0.05) is 6.92 Å². The van der Waals surface area contributed by atoms with Gasteiger partial charge >= 0.3 is 0 Å². The Hall–Kier alpha value is -3.75. The first-order valence-electron chi connectivity index (χ1n) is 11.2. The van der Waals surface area contributed by atoms with Crippen molar-refractivity contribution in [3.63, 3.8) is 0 Å². The zero-order valence-corrected chi connectivity index (χ0v) is 19.4. The third-order valence-corrected chi connectivity index (χ3v) is 5.98. The molecule has 2 N–H and O–H groups in total. The lowest BCUT2D eigenvalue weighted by Crippen LogP contribution is -2.13. The van der Waals surface area contributed by atoms with E-state index < -0.39 is 0 Å². The van der Waals surface area contributed by atoms with Crippen LogP contribution in [0.5, 0.6) is 5.75 Å². The molecule has 0 amide bonds. The number of benzene rings is 1. The largest absolute Gasteiger partial charge is 0.492 e. The standard InChI is InChI=1S/C24H28N8O/c1-5-33-19-11-16(22-31-27-14-32(22)4)6-7-18(19)29-23-25-12-17-10-15(2)28-21(20(17)30-23)26-13-24(3)8-9-24/h6-7,10-12,14H,5,8-9,13H2,1-4H3,(H,26,28)(H,25,29,30). The van der Waals surface area contributed by atoms with Crippen molar-refractivity contribution in [3.05, 3.63) is 42.5 Å². The van der Waals surface area contributed by atoms with Gasteiger partial charge in [-0.2, -0.15) is 0 Å². The van der Waals surface area contributed by atoms with Crippen LogP contribution in [0.1, 0.15) is 32.4 Å². The molecule has 1 aliphatic carbocycles. The maximum absolute atomic E-state index is 5.90. The van der Waals surface area contributed by atoms with Crippen molar-refractivity contribution in [3.8, 4) is 17.1 Å². The SMILES string of the molecule is CCOc1cc(-c2nncn2C)ccc1Nc1ncc2cc(C)nc(NCC3(C)CC3)c2n1. The van der Waals surface area contributed by atoms with Gasteiger partial charge in [0.05, 0.1) is 12.3 Å². The van der Waals surface area contributed by atoms with E-state index in [-0.39, 0.29) is 0 Å². The van der Waals surface area contributed by atoms with Crippen molar-refractivity contribution in [1.82, 2.24) is 29.7 Å². The number of anilines is 3. The van der Waals surface area contributed by atoms with Crippen molar-refractivity contribution in [2.75, 3.05) is 23.8 Å². The maximum Gasteiger partial charge on any atom is 0.227 e. The van der Waals surface area contributed by atoms with Gasteiger partial charge in [0.15, 0.2) is 11.6 Å². The average Bonchev–Trinajstić information content (AvgIpc) is 3.38. The highest BCUT2D eigenvalue weighted by atomic mass is 16.5. The minimum Gasteiger partial charge on any atom is -0.492 e. The third-order valence-electron chi connectivity index (χ3n) is 5.98. The van der Waals surface area contributed by atoms with Gasteiger partial charge in [-0.25, -0.2) is 15.0 Å². The Kier molecular flexibility index (Phi) is 5.32. The summed E-state index contributed by atoms with van der Waals surface area (Å²) in [5.74, 6) is 2.75. The lowest BCUT2D eigenvalue weighted by atomic mass is 10.1. The van der Waals surface area contributed by atoms with Gasteiger partial charge in [0.1, 0.15) is 17.6 Å². The summed E-state index contributed by atoms with van der Waals surface area (Å²) in [5, 5.41) is 15.9. The molecule has 33 heavy (non-hydrogen) atoms. The molecule has 0 aliphatic heterocycles. The van der Waals surface area contributed by atoms with Gasteiger partial charge < -0.3 is 19.9 Å². The van der Waals surface area contributed by atoms with Crippen LogP contribution in [-0.2, 0) is 7.05 Å². The second-order valence-corrected chi connectivity index (χ2v) is 8.94. The number of nitrogens with zero attached hydrogens (tertiary/aromatic N) is 6. The first-order valence-corrected chi connectivity index (χ1v) is 11.2. The number of nitrogens with one attached hydrogen (secondary N) is 2. The fourth-order valence-corrected chi connectivity index (χ4v) is 3.75. The van der Waals surface area contributed by atoms with E-state index in [9.17, 15) is 0 Å². The zero-order chi connectivity index (χ0) is 23.0. The van der Waals surface area contributed by atoms with Crippen LogP contribution in [0.25, 0.3) is 22.3 Å². The molecule has 0 unspecified atom stereocenters. The van der Waals surface area contributed by atoms with Crippen LogP contribution in [0, 0.1) is 12.3 Å². The van der Waals surface area contributed by atoms with Crippen LogP contribution in [0.2, 0.25) is 0 Å². The molecule has 0 radical (unpaired) electrons. The number of pyridine rings is 1. The quantitative estimate of drug-likeness (QED) is 0.410. The minimum atomic E-state index is 0.364. The summed E-state index contributed by atoms with van der Waals surface area (Å²) < 4.78 is 7.77. The highest BCUT2D eigenvalue weighted by Gasteiger charge is 2.37. The molecule has 1 fully saturated rings. The molecule has 1 aliphatic rings. The molecular weight excluding hydrogens is 416 g/mol. The number of rotatable bonds is 8. The molecule has 3 aromatic heterocycles. The lowest BCUT2D eigenvalue weighted by Gasteiger charge is -2.15. The molecule has 0 atom stereocenters. The van der Waals surface area contributed by atoms with Gasteiger partial charge in [-0.15, -0.1) is 10.2 Å². The molecule has 0 saturated heterocycles. The summed E-state index contributed by atoms with van der Waals surface area (Å²) in [5.41, 5.74) is 3.80. The molecule has 5 rings (SSSR count). The number of hydrogen-bond acceptors (Lipinski definition) is 8. The van der Waals surface area contributed by atoms with E-state index in [1.165, 1.54) is 12.8 Å². The fraction of sp³-hybridized carbons (Fsp3) is 0.375. The average molecular weight is 445 g/mol. The third kappa shape index (κ3) is 4.44. The Bertz CT molecular complexity index is 1310. The topological polar surface area (TPSA) is 103 Å². The fourth-order valence-electron chi connectivity index (χ4n) is 3.75. The van der Waals surface area contributed by atoms with Crippen LogP contribution in [0.4, 0.5) is 17.5 Å². The Balaban J connectivity index is 1.46. The van der Waals surface area contributed by atoms with E-state index in [4.69, 9.17) is 14.7 Å². The monoisotopic (exact) mass is 444 g/mol. The number of fused-ring (bicyclic) bond motifs is 1. The minimum absolute atomic E-state index is 0.364. The zero-order valence-electron chi connectivity index (χ0n) is 19.4. The first kappa shape index (κ1) is 21.1. The second kappa shape index (κ2) is 8.31. The molecule has 0 bridgehead atoms. The summed E-state index contributed by atoms with van der Waals surface area (Å²) in [6.07, 6.45) is 6.00. The highest BCUT2D eigenvalue weighted by molar-refractivity contribution is 5.89. The van der Waals surface area contributed by atoms with Gasteiger partial charge in [0, 0.05) is 36.4 Å². The summed E-state index contributed by atoms with van der Waals surface area (Å²) in [6.45, 7) is 7.66. The Morgan fingerprint density at radius 1 is 1.18 bits per heavy atom. The van der Waals surface area contributed by atoms with Crippen LogP contribution < -0.4 is 15.4 Å². The van der Waals surface area contributed by atoms with Crippen molar-refractivity contribution in [2.45, 2.75) is 33.6 Å². The van der Waals surface area contributed by atoms with E-state index in [0.717, 1.165) is 46.0 Å². The number of aromatic nitrogens is 6. The van der Waals surface area contributed by atoms with Gasteiger partial charge in [0.25, 0.3) is 0 Å². The van der Waals surface area contributed by atoms with Crippen molar-refractivity contribution < 1.29 is 4.74 Å². The molecule has 9 heteroatoms. The van der Waals surface area contributed by atoms with Crippen LogP contribution in [0.3, 0.4) is 0 Å². The van der Waals surface area contributed by atoms with Crippen LogP contribution in [-0.4, -0.2) is 42.9 Å². The number of hydrogen-bond donors (Lipinski definition) is 2. The predicted octanol–water partition coefficient (Wildman–Crippen LogP) is 4.48. The van der Waals surface area contributed by atoms with Gasteiger partial charge in [-0.05, 0) is 56.4 Å². The van der Waals surface area contributed by atoms with Crippen molar-refractivity contribution in [1.29, 1.82) is 0 Å². The number of ether oxygens (including phenoxy) is 1. The summed E-state index contributed by atoms with van der Waals surface area (Å²) >= 11 is 0. The summed E-state index contributed by atoms with van der Waals surface area (Å²) in [7, 11) is 1.91. The molecule has 3 heterocycles. The summed E-state index contributed by atoms with van der Waals surface area (Å²) in [4.78, 5) is 14.0. The molecule has 9 nitrogen and oxygen atoms in total. The lowest BCUT2D eigenvalue weighted by molar-refractivity contribution is 0.342. The molecule has 4 aromatic rings. The molecule has 0 spiro atoms. The number of aryl methyl sites for hydroxylation is 2. The maximum atomic E-state index is 5.90.